The van der Waals surface area contributed by atoms with Crippen molar-refractivity contribution in [3.63, 3.8) is 0 Å². The van der Waals surface area contributed by atoms with E-state index in [1.54, 1.807) is 37.6 Å². The molecule has 1 N–H and O–H groups in total. The van der Waals surface area contributed by atoms with Crippen LogP contribution in [0.25, 0.3) is 22.6 Å². The first-order valence-corrected chi connectivity index (χ1v) is 9.95. The average molecular weight is 445 g/mol. The zero-order chi connectivity index (χ0) is 22.7. The first kappa shape index (κ1) is 21.1. The predicted octanol–water partition coefficient (Wildman–Crippen LogP) is 4.90. The highest BCUT2D eigenvalue weighted by atomic mass is 35.5. The van der Waals surface area contributed by atoms with Gasteiger partial charge in [0.1, 0.15) is 5.69 Å². The standard InChI is InChI=1S/C24H17ClN4O3/c1-32-23-7-2-15(11-28-23)13-29-14-18(20-5-4-19(25)9-22(20)29)8-17(10-26)16-3-6-21(24(30)31)27-12-16/h2-9,11-12,14H,13H2,1H3,(H,30,31)/b17-8+. The van der Waals surface area contributed by atoms with Crippen LogP contribution in [0.2, 0.25) is 5.02 Å². The summed E-state index contributed by atoms with van der Waals surface area (Å²) in [5, 5.41) is 20.3. The smallest absolute Gasteiger partial charge is 0.354 e. The number of carboxylic acids is 1. The van der Waals surface area contributed by atoms with E-state index in [1.165, 1.54) is 12.3 Å². The molecule has 0 aliphatic rings. The van der Waals surface area contributed by atoms with Gasteiger partial charge in [0.15, 0.2) is 0 Å². The van der Waals surface area contributed by atoms with E-state index >= 15 is 0 Å². The Morgan fingerprint density at radius 3 is 2.69 bits per heavy atom. The van der Waals surface area contributed by atoms with Crippen LogP contribution < -0.4 is 4.74 Å². The summed E-state index contributed by atoms with van der Waals surface area (Å²) in [6.07, 6.45) is 6.84. The van der Waals surface area contributed by atoms with Crippen LogP contribution in [0.5, 0.6) is 5.88 Å². The first-order chi connectivity index (χ1) is 15.5. The van der Waals surface area contributed by atoms with Crippen molar-refractivity contribution >= 4 is 40.1 Å². The number of allylic oxidation sites excluding steroid dienone is 1. The van der Waals surface area contributed by atoms with E-state index in [2.05, 4.69) is 16.0 Å². The van der Waals surface area contributed by atoms with Gasteiger partial charge in [-0.1, -0.05) is 23.7 Å². The number of nitrogens with zero attached hydrogens (tertiary/aromatic N) is 4. The minimum atomic E-state index is -1.12. The Morgan fingerprint density at radius 2 is 2.06 bits per heavy atom. The number of hydrogen-bond donors (Lipinski definition) is 1. The van der Waals surface area contributed by atoms with Crippen molar-refractivity contribution in [3.8, 4) is 11.9 Å². The number of carboxylic acid groups (broad SMARTS) is 1. The Kier molecular flexibility index (Phi) is 5.88. The lowest BCUT2D eigenvalue weighted by Gasteiger charge is -2.06. The lowest BCUT2D eigenvalue weighted by Crippen LogP contribution is -1.99. The van der Waals surface area contributed by atoms with Crippen LogP contribution in [0, 0.1) is 11.3 Å². The Balaban J connectivity index is 1.76. The highest BCUT2D eigenvalue weighted by molar-refractivity contribution is 6.31. The van der Waals surface area contributed by atoms with Gasteiger partial charge in [0.05, 0.1) is 24.3 Å². The van der Waals surface area contributed by atoms with Gasteiger partial charge in [-0.05, 0) is 35.9 Å². The fraction of sp³-hybridized carbons (Fsp3) is 0.0833. The molecule has 32 heavy (non-hydrogen) atoms. The van der Waals surface area contributed by atoms with E-state index in [0.717, 1.165) is 22.0 Å². The Bertz CT molecular complexity index is 1370. The van der Waals surface area contributed by atoms with Crippen LogP contribution >= 0.6 is 11.6 Å². The van der Waals surface area contributed by atoms with E-state index in [9.17, 15) is 10.1 Å². The Labute approximate surface area is 188 Å². The zero-order valence-electron chi connectivity index (χ0n) is 17.0. The quantitative estimate of drug-likeness (QED) is 0.424. The number of carbonyl (C=O) groups is 1. The Morgan fingerprint density at radius 1 is 1.22 bits per heavy atom. The Hall–Kier alpha value is -4.15. The van der Waals surface area contributed by atoms with Crippen molar-refractivity contribution in [2.75, 3.05) is 7.11 Å². The lowest BCUT2D eigenvalue weighted by molar-refractivity contribution is 0.0690. The van der Waals surface area contributed by atoms with E-state index in [0.29, 0.717) is 28.6 Å². The highest BCUT2D eigenvalue weighted by Gasteiger charge is 2.12. The van der Waals surface area contributed by atoms with Gasteiger partial charge in [0, 0.05) is 52.7 Å². The largest absolute Gasteiger partial charge is 0.481 e. The van der Waals surface area contributed by atoms with Crippen LogP contribution in [-0.2, 0) is 6.54 Å². The number of fused-ring (bicyclic) bond motifs is 1. The molecule has 158 valence electrons. The molecule has 0 atom stereocenters. The zero-order valence-corrected chi connectivity index (χ0v) is 17.7. The molecule has 0 saturated carbocycles. The van der Waals surface area contributed by atoms with E-state index in [1.807, 2.05) is 29.0 Å². The van der Waals surface area contributed by atoms with Gasteiger partial charge in [-0.15, -0.1) is 0 Å². The van der Waals surface area contributed by atoms with Gasteiger partial charge >= 0.3 is 5.97 Å². The fourth-order valence-corrected chi connectivity index (χ4v) is 3.54. The molecule has 0 aliphatic carbocycles. The molecule has 0 spiro atoms. The normalized spacial score (nSPS) is 11.3. The van der Waals surface area contributed by atoms with Crippen molar-refractivity contribution < 1.29 is 14.6 Å². The number of hydrogen-bond acceptors (Lipinski definition) is 5. The molecular formula is C24H17ClN4O3. The molecule has 8 heteroatoms. The molecule has 0 bridgehead atoms. The van der Waals surface area contributed by atoms with Gasteiger partial charge in [-0.2, -0.15) is 5.26 Å². The second-order valence-electron chi connectivity index (χ2n) is 6.99. The van der Waals surface area contributed by atoms with E-state index in [-0.39, 0.29) is 5.69 Å². The fourth-order valence-electron chi connectivity index (χ4n) is 3.38. The summed E-state index contributed by atoms with van der Waals surface area (Å²) >= 11 is 6.25. The third-order valence-electron chi connectivity index (χ3n) is 4.95. The molecule has 3 aromatic heterocycles. The second kappa shape index (κ2) is 8.92. The number of nitriles is 1. The molecule has 7 nitrogen and oxygen atoms in total. The summed E-state index contributed by atoms with van der Waals surface area (Å²) in [5.41, 5.74) is 3.55. The topological polar surface area (TPSA) is 101 Å². The van der Waals surface area contributed by atoms with Crippen LogP contribution in [0.15, 0.2) is 61.1 Å². The number of aromatic carboxylic acids is 1. The number of pyridine rings is 2. The second-order valence-corrected chi connectivity index (χ2v) is 7.43. The van der Waals surface area contributed by atoms with Crippen molar-refractivity contribution in [1.82, 2.24) is 14.5 Å². The molecule has 0 amide bonds. The third kappa shape index (κ3) is 4.31. The maximum Gasteiger partial charge on any atom is 0.354 e. The molecule has 0 saturated heterocycles. The maximum absolute atomic E-state index is 11.0. The summed E-state index contributed by atoms with van der Waals surface area (Å²) < 4.78 is 7.16. The minimum Gasteiger partial charge on any atom is -0.481 e. The number of benzene rings is 1. The van der Waals surface area contributed by atoms with Crippen molar-refractivity contribution in [2.24, 2.45) is 0 Å². The van der Waals surface area contributed by atoms with Gasteiger partial charge in [0.25, 0.3) is 0 Å². The number of rotatable bonds is 6. The SMILES string of the molecule is COc1ccc(Cn2cc(/C=C(\C#N)c3ccc(C(=O)O)nc3)c3ccc(Cl)cc32)cn1. The van der Waals surface area contributed by atoms with Crippen molar-refractivity contribution in [2.45, 2.75) is 6.54 Å². The molecule has 4 aromatic rings. The monoisotopic (exact) mass is 444 g/mol. The number of methoxy groups -OCH3 is 1. The van der Waals surface area contributed by atoms with Crippen LogP contribution in [0.1, 0.15) is 27.2 Å². The minimum absolute atomic E-state index is 0.0783. The summed E-state index contributed by atoms with van der Waals surface area (Å²) in [5.74, 6) is -0.578. The summed E-state index contributed by atoms with van der Waals surface area (Å²) in [7, 11) is 1.57. The molecule has 1 aromatic carbocycles. The number of ether oxygens (including phenoxy) is 1. The average Bonchev–Trinajstić information content (AvgIpc) is 3.14. The van der Waals surface area contributed by atoms with Gasteiger partial charge in [0.2, 0.25) is 5.88 Å². The molecule has 3 heterocycles. The van der Waals surface area contributed by atoms with Crippen LogP contribution in [0.3, 0.4) is 0 Å². The summed E-state index contributed by atoms with van der Waals surface area (Å²) in [4.78, 5) is 19.2. The van der Waals surface area contributed by atoms with E-state index in [4.69, 9.17) is 21.4 Å². The molecule has 4 rings (SSSR count). The van der Waals surface area contributed by atoms with Crippen molar-refractivity contribution in [1.29, 1.82) is 5.26 Å². The van der Waals surface area contributed by atoms with Crippen molar-refractivity contribution in [3.05, 3.63) is 88.5 Å². The maximum atomic E-state index is 11.0. The first-order valence-electron chi connectivity index (χ1n) is 9.57. The molecule has 0 radical (unpaired) electrons. The van der Waals surface area contributed by atoms with Gasteiger partial charge < -0.3 is 14.4 Å². The molecule has 0 aliphatic heterocycles. The molecular weight excluding hydrogens is 428 g/mol. The van der Waals surface area contributed by atoms with Crippen LogP contribution in [-0.4, -0.2) is 32.7 Å². The van der Waals surface area contributed by atoms with Gasteiger partial charge in [-0.3, -0.25) is 0 Å². The number of aromatic nitrogens is 3. The van der Waals surface area contributed by atoms with Gasteiger partial charge in [-0.25, -0.2) is 14.8 Å². The molecule has 0 fully saturated rings. The van der Waals surface area contributed by atoms with E-state index < -0.39 is 5.97 Å². The van der Waals surface area contributed by atoms with Crippen LogP contribution in [0.4, 0.5) is 0 Å². The number of halogens is 1. The lowest BCUT2D eigenvalue weighted by atomic mass is 10.0. The summed E-state index contributed by atoms with van der Waals surface area (Å²) in [6, 6.07) is 14.5. The third-order valence-corrected chi connectivity index (χ3v) is 5.18. The highest BCUT2D eigenvalue weighted by Crippen LogP contribution is 2.29. The summed E-state index contributed by atoms with van der Waals surface area (Å²) in [6.45, 7) is 0.554. The predicted molar refractivity (Wildman–Crippen MR) is 122 cm³/mol. The molecule has 0 unspecified atom stereocenters.